The van der Waals surface area contributed by atoms with Crippen LogP contribution in [0.3, 0.4) is 0 Å². The molecule has 21 heavy (non-hydrogen) atoms. The summed E-state index contributed by atoms with van der Waals surface area (Å²) in [6.45, 7) is 6.73. The van der Waals surface area contributed by atoms with E-state index >= 15 is 0 Å². The molecule has 114 valence electrons. The third kappa shape index (κ3) is 3.97. The van der Waals surface area contributed by atoms with E-state index in [4.69, 9.17) is 11.6 Å². The van der Waals surface area contributed by atoms with Crippen molar-refractivity contribution >= 4 is 17.3 Å². The fourth-order valence-corrected chi connectivity index (χ4v) is 2.65. The van der Waals surface area contributed by atoms with Crippen LogP contribution in [0.2, 0.25) is 5.02 Å². The molecule has 2 aromatic rings. The molecule has 1 heterocycles. The second-order valence-corrected chi connectivity index (χ2v) is 5.88. The van der Waals surface area contributed by atoms with Crippen molar-refractivity contribution in [1.82, 2.24) is 14.8 Å². The van der Waals surface area contributed by atoms with Gasteiger partial charge in [0, 0.05) is 6.04 Å². The minimum absolute atomic E-state index is 0.431. The third-order valence-corrected chi connectivity index (χ3v) is 4.18. The lowest BCUT2D eigenvalue weighted by atomic mass is 9.97. The van der Waals surface area contributed by atoms with Gasteiger partial charge in [-0.1, -0.05) is 44.9 Å². The van der Waals surface area contributed by atoms with E-state index in [2.05, 4.69) is 36.2 Å². The van der Waals surface area contributed by atoms with Crippen molar-refractivity contribution in [3.63, 3.8) is 0 Å². The molecule has 1 aromatic carbocycles. The van der Waals surface area contributed by atoms with E-state index in [1.807, 2.05) is 18.2 Å². The van der Waals surface area contributed by atoms with E-state index in [-0.39, 0.29) is 0 Å². The molecular formula is C16H23ClN4. The molecule has 5 heteroatoms. The first-order valence-corrected chi connectivity index (χ1v) is 7.93. The number of halogens is 1. The molecule has 0 amide bonds. The molecule has 0 aliphatic heterocycles. The van der Waals surface area contributed by atoms with Crippen molar-refractivity contribution in [2.45, 2.75) is 46.1 Å². The van der Waals surface area contributed by atoms with Crippen LogP contribution in [0.25, 0.3) is 5.69 Å². The summed E-state index contributed by atoms with van der Waals surface area (Å²) in [6, 6.07) is 6.31. The molecule has 0 saturated carbocycles. The number of anilines is 1. The average Bonchev–Trinajstić information content (AvgIpc) is 3.00. The van der Waals surface area contributed by atoms with Gasteiger partial charge < -0.3 is 5.32 Å². The quantitative estimate of drug-likeness (QED) is 0.816. The van der Waals surface area contributed by atoms with Gasteiger partial charge in [0.25, 0.3) is 0 Å². The number of benzene rings is 1. The highest BCUT2D eigenvalue weighted by Crippen LogP contribution is 2.29. The Balaban J connectivity index is 2.25. The predicted octanol–water partition coefficient (Wildman–Crippen LogP) is 4.55. The molecule has 1 N–H and O–H groups in total. The summed E-state index contributed by atoms with van der Waals surface area (Å²) in [7, 11) is 0. The largest absolute Gasteiger partial charge is 0.381 e. The van der Waals surface area contributed by atoms with Crippen molar-refractivity contribution in [2.24, 2.45) is 5.92 Å². The van der Waals surface area contributed by atoms with Crippen LogP contribution in [0.15, 0.2) is 30.9 Å². The van der Waals surface area contributed by atoms with Crippen LogP contribution in [0, 0.1) is 5.92 Å². The highest BCUT2D eigenvalue weighted by Gasteiger charge is 2.15. The molecule has 2 atom stereocenters. The number of nitrogens with one attached hydrogen (secondary N) is 1. The first kappa shape index (κ1) is 15.8. The monoisotopic (exact) mass is 306 g/mol. The van der Waals surface area contributed by atoms with Crippen molar-refractivity contribution in [3.05, 3.63) is 35.9 Å². The predicted molar refractivity (Wildman–Crippen MR) is 88.1 cm³/mol. The van der Waals surface area contributed by atoms with Crippen LogP contribution < -0.4 is 5.32 Å². The zero-order valence-corrected chi connectivity index (χ0v) is 13.6. The Hall–Kier alpha value is -1.55. The molecule has 0 saturated heterocycles. The van der Waals surface area contributed by atoms with Crippen LogP contribution in [0.1, 0.15) is 40.0 Å². The van der Waals surface area contributed by atoms with E-state index in [9.17, 15) is 0 Å². The summed E-state index contributed by atoms with van der Waals surface area (Å²) in [5.41, 5.74) is 1.86. The van der Waals surface area contributed by atoms with Crippen LogP contribution >= 0.6 is 11.6 Å². The molecule has 0 bridgehead atoms. The highest BCUT2D eigenvalue weighted by molar-refractivity contribution is 6.33. The highest BCUT2D eigenvalue weighted by atomic mass is 35.5. The molecule has 0 spiro atoms. The Morgan fingerprint density at radius 2 is 2.10 bits per heavy atom. The van der Waals surface area contributed by atoms with Gasteiger partial charge in [-0.2, -0.15) is 5.10 Å². The molecule has 0 radical (unpaired) electrons. The second kappa shape index (κ2) is 7.46. The van der Waals surface area contributed by atoms with E-state index < -0.39 is 0 Å². The lowest BCUT2D eigenvalue weighted by Crippen LogP contribution is -2.22. The maximum absolute atomic E-state index is 6.35. The Morgan fingerprint density at radius 3 is 2.71 bits per heavy atom. The Bertz CT molecular complexity index is 553. The van der Waals surface area contributed by atoms with Crippen molar-refractivity contribution in [3.8, 4) is 5.69 Å². The first-order valence-electron chi connectivity index (χ1n) is 7.55. The number of para-hydroxylation sites is 1. The first-order chi connectivity index (χ1) is 10.2. The van der Waals surface area contributed by atoms with Gasteiger partial charge in [0.1, 0.15) is 18.3 Å². The van der Waals surface area contributed by atoms with E-state index in [0.717, 1.165) is 24.2 Å². The van der Waals surface area contributed by atoms with Crippen LogP contribution in [0.5, 0.6) is 0 Å². The normalized spacial score (nSPS) is 13.9. The van der Waals surface area contributed by atoms with Gasteiger partial charge in [0.15, 0.2) is 0 Å². The summed E-state index contributed by atoms with van der Waals surface area (Å²) in [5, 5.41) is 8.49. The van der Waals surface area contributed by atoms with Crippen LogP contribution in [-0.2, 0) is 0 Å². The lowest BCUT2D eigenvalue weighted by Gasteiger charge is -2.23. The Morgan fingerprint density at radius 1 is 1.29 bits per heavy atom. The number of rotatable bonds is 7. The SMILES string of the molecule is CCC(C)CC(CC)Nc1cccc(Cl)c1-n1cncn1. The molecule has 1 aromatic heterocycles. The molecule has 4 nitrogen and oxygen atoms in total. The standard InChI is InChI=1S/C16H23ClN4/c1-4-12(3)9-13(5-2)20-15-8-6-7-14(17)16(15)21-11-18-10-19-21/h6-8,10-13,20H,4-5,9H2,1-3H3. The number of hydrogen-bond donors (Lipinski definition) is 1. The van der Waals surface area contributed by atoms with Gasteiger partial charge in [0.2, 0.25) is 0 Å². The summed E-state index contributed by atoms with van der Waals surface area (Å²) >= 11 is 6.35. The minimum Gasteiger partial charge on any atom is -0.381 e. The zero-order chi connectivity index (χ0) is 15.2. The molecule has 2 unspecified atom stereocenters. The number of aromatic nitrogens is 3. The minimum atomic E-state index is 0.431. The van der Waals surface area contributed by atoms with Crippen molar-refractivity contribution < 1.29 is 0 Å². The van der Waals surface area contributed by atoms with E-state index in [1.54, 1.807) is 11.0 Å². The fraction of sp³-hybridized carbons (Fsp3) is 0.500. The molecule has 0 aliphatic carbocycles. The smallest absolute Gasteiger partial charge is 0.138 e. The van der Waals surface area contributed by atoms with Crippen LogP contribution in [-0.4, -0.2) is 20.8 Å². The number of nitrogens with zero attached hydrogens (tertiary/aromatic N) is 3. The lowest BCUT2D eigenvalue weighted by molar-refractivity contribution is 0.461. The summed E-state index contributed by atoms with van der Waals surface area (Å²) in [4.78, 5) is 4.01. The summed E-state index contributed by atoms with van der Waals surface area (Å²) in [5.74, 6) is 0.705. The fourth-order valence-electron chi connectivity index (χ4n) is 2.39. The summed E-state index contributed by atoms with van der Waals surface area (Å²) in [6.07, 6.45) is 6.61. The topological polar surface area (TPSA) is 42.7 Å². The average molecular weight is 307 g/mol. The van der Waals surface area contributed by atoms with Gasteiger partial charge in [-0.05, 0) is 30.9 Å². The van der Waals surface area contributed by atoms with Gasteiger partial charge in [-0.15, -0.1) is 0 Å². The zero-order valence-electron chi connectivity index (χ0n) is 12.9. The number of hydrogen-bond acceptors (Lipinski definition) is 3. The van der Waals surface area contributed by atoms with Gasteiger partial charge >= 0.3 is 0 Å². The van der Waals surface area contributed by atoms with Gasteiger partial charge in [-0.25, -0.2) is 9.67 Å². The second-order valence-electron chi connectivity index (χ2n) is 5.47. The Kier molecular flexibility index (Phi) is 5.62. The molecule has 0 aliphatic rings. The maximum Gasteiger partial charge on any atom is 0.138 e. The van der Waals surface area contributed by atoms with E-state index in [0.29, 0.717) is 17.0 Å². The van der Waals surface area contributed by atoms with Gasteiger partial charge in [-0.3, -0.25) is 0 Å². The molecule has 0 fully saturated rings. The molecular weight excluding hydrogens is 284 g/mol. The maximum atomic E-state index is 6.35. The third-order valence-electron chi connectivity index (χ3n) is 3.87. The molecule has 2 rings (SSSR count). The summed E-state index contributed by atoms with van der Waals surface area (Å²) < 4.78 is 1.71. The van der Waals surface area contributed by atoms with Crippen molar-refractivity contribution in [1.29, 1.82) is 0 Å². The van der Waals surface area contributed by atoms with Crippen molar-refractivity contribution in [2.75, 3.05) is 5.32 Å². The van der Waals surface area contributed by atoms with Gasteiger partial charge in [0.05, 0.1) is 10.7 Å². The van der Waals surface area contributed by atoms with Crippen LogP contribution in [0.4, 0.5) is 5.69 Å². The Labute approximate surface area is 131 Å². The van der Waals surface area contributed by atoms with E-state index in [1.165, 1.54) is 12.7 Å².